The summed E-state index contributed by atoms with van der Waals surface area (Å²) < 4.78 is 0. The molecule has 1 aliphatic heterocycles. The lowest BCUT2D eigenvalue weighted by atomic mass is 9.93. The highest BCUT2D eigenvalue weighted by Crippen LogP contribution is 2.27. The summed E-state index contributed by atoms with van der Waals surface area (Å²) in [6.45, 7) is 4.54. The van der Waals surface area contributed by atoms with E-state index < -0.39 is 18.4 Å². The minimum Gasteiger partial charge on any atom is -0.504 e. The van der Waals surface area contributed by atoms with E-state index in [-0.39, 0.29) is 22.9 Å². The lowest BCUT2D eigenvalue weighted by molar-refractivity contribution is -0.135. The van der Waals surface area contributed by atoms with E-state index in [1.54, 1.807) is 6.92 Å². The summed E-state index contributed by atoms with van der Waals surface area (Å²) in [5, 5.41) is 21.2. The van der Waals surface area contributed by atoms with Crippen molar-refractivity contribution in [1.82, 2.24) is 20.3 Å². The van der Waals surface area contributed by atoms with Crippen molar-refractivity contribution in [3.8, 4) is 16.9 Å². The van der Waals surface area contributed by atoms with Crippen LogP contribution in [-0.2, 0) is 22.4 Å². The van der Waals surface area contributed by atoms with Gasteiger partial charge in [-0.1, -0.05) is 31.2 Å². The number of aromatic nitrogens is 3. The molecule has 0 bridgehead atoms. The number of carboxylic acids is 1. The Kier molecular flexibility index (Phi) is 8.85. The van der Waals surface area contributed by atoms with Crippen LogP contribution in [0.3, 0.4) is 0 Å². The lowest BCUT2D eigenvalue weighted by Crippen LogP contribution is -2.35. The van der Waals surface area contributed by atoms with Crippen LogP contribution in [-0.4, -0.2) is 62.5 Å². The molecule has 0 atom stereocenters. The second-order valence-electron chi connectivity index (χ2n) is 9.81. The number of hydrogen-bond acceptors (Lipinski definition) is 8. The zero-order valence-corrected chi connectivity index (χ0v) is 22.2. The number of nitrogens with zero attached hydrogens (tertiary/aromatic N) is 4. The summed E-state index contributed by atoms with van der Waals surface area (Å²) in [5.41, 5.74) is 3.12. The normalized spacial score (nSPS) is 13.7. The van der Waals surface area contributed by atoms with E-state index in [9.17, 15) is 19.5 Å². The number of carbonyl (C=O) groups excluding carboxylic acids is 2. The van der Waals surface area contributed by atoms with Crippen molar-refractivity contribution in [2.75, 3.05) is 24.5 Å². The van der Waals surface area contributed by atoms with E-state index in [0.717, 1.165) is 48.4 Å². The number of rotatable bonds is 10. The van der Waals surface area contributed by atoms with E-state index in [1.165, 1.54) is 0 Å². The number of aromatic hydroxyl groups is 1. The Labute approximate surface area is 227 Å². The molecular weight excluding hydrogens is 498 g/mol. The Morgan fingerprint density at radius 3 is 2.51 bits per heavy atom. The fraction of sp³-hybridized carbons (Fsp3) is 0.379. The minimum absolute atomic E-state index is 0.206. The lowest BCUT2D eigenvalue weighted by Gasteiger charge is -2.32. The van der Waals surface area contributed by atoms with Crippen molar-refractivity contribution in [3.05, 3.63) is 65.4 Å². The van der Waals surface area contributed by atoms with Gasteiger partial charge < -0.3 is 20.4 Å². The minimum atomic E-state index is -1.18. The van der Waals surface area contributed by atoms with Crippen LogP contribution in [0.1, 0.15) is 53.8 Å². The highest BCUT2D eigenvalue weighted by atomic mass is 16.4. The SMILES string of the molecule is CCC(=O)Cc1cccc(-c2ccc(N3CCC(Cc4nc(C)c(O)c(C(=O)NCC(=O)O)n4)CC3)nc2)c1. The molecule has 0 saturated carbocycles. The first-order chi connectivity index (χ1) is 18.7. The van der Waals surface area contributed by atoms with Crippen LogP contribution in [0.15, 0.2) is 42.6 Å². The maximum atomic E-state index is 12.3. The first-order valence-electron chi connectivity index (χ1n) is 13.1. The fourth-order valence-electron chi connectivity index (χ4n) is 4.70. The van der Waals surface area contributed by atoms with Gasteiger partial charge in [0.1, 0.15) is 24.0 Å². The van der Waals surface area contributed by atoms with Gasteiger partial charge in [0.05, 0.1) is 5.69 Å². The molecule has 10 nitrogen and oxygen atoms in total. The summed E-state index contributed by atoms with van der Waals surface area (Å²) in [7, 11) is 0. The number of aliphatic carboxylic acids is 1. The van der Waals surface area contributed by atoms with Crippen molar-refractivity contribution in [2.24, 2.45) is 5.92 Å². The molecule has 1 amide bonds. The van der Waals surface area contributed by atoms with Crippen LogP contribution < -0.4 is 10.2 Å². The standard InChI is InChI=1S/C29H33N5O5/c1-3-23(35)14-20-5-4-6-21(13-20)22-7-8-25(30-16-22)34-11-9-19(10-12-34)15-24-32-18(2)28(38)27(33-24)29(39)31-17-26(36)37/h4-8,13,16,19,38H,3,9-12,14-15,17H2,1-2H3,(H,31,39)(H,36,37). The van der Waals surface area contributed by atoms with Gasteiger partial charge in [-0.05, 0) is 48.9 Å². The second-order valence-corrected chi connectivity index (χ2v) is 9.81. The molecule has 0 unspecified atom stereocenters. The van der Waals surface area contributed by atoms with Crippen molar-refractivity contribution in [3.63, 3.8) is 0 Å². The van der Waals surface area contributed by atoms with E-state index in [4.69, 9.17) is 10.1 Å². The molecule has 10 heteroatoms. The van der Waals surface area contributed by atoms with Crippen molar-refractivity contribution < 1.29 is 24.6 Å². The molecule has 1 saturated heterocycles. The van der Waals surface area contributed by atoms with E-state index in [2.05, 4.69) is 26.3 Å². The third kappa shape index (κ3) is 7.16. The van der Waals surface area contributed by atoms with Crippen molar-refractivity contribution >= 4 is 23.5 Å². The Morgan fingerprint density at radius 1 is 1.08 bits per heavy atom. The smallest absolute Gasteiger partial charge is 0.322 e. The number of ketones is 1. The molecule has 204 valence electrons. The predicted octanol–water partition coefficient (Wildman–Crippen LogP) is 3.35. The number of piperidine rings is 1. The summed E-state index contributed by atoms with van der Waals surface area (Å²) >= 11 is 0. The fourth-order valence-corrected chi connectivity index (χ4v) is 4.70. The summed E-state index contributed by atoms with van der Waals surface area (Å²) in [5.74, 6) is -0.387. The Bertz CT molecular complexity index is 1350. The molecule has 0 aliphatic carbocycles. The van der Waals surface area contributed by atoms with E-state index in [1.807, 2.05) is 43.5 Å². The highest BCUT2D eigenvalue weighted by molar-refractivity contribution is 5.96. The number of aryl methyl sites for hydroxylation is 1. The van der Waals surface area contributed by atoms with Gasteiger partial charge >= 0.3 is 5.97 Å². The third-order valence-corrected chi connectivity index (χ3v) is 6.93. The molecule has 39 heavy (non-hydrogen) atoms. The van der Waals surface area contributed by atoms with Crippen LogP contribution in [0.5, 0.6) is 5.75 Å². The van der Waals surface area contributed by atoms with Gasteiger partial charge in [-0.15, -0.1) is 0 Å². The molecular formula is C29H33N5O5. The largest absolute Gasteiger partial charge is 0.504 e. The third-order valence-electron chi connectivity index (χ3n) is 6.93. The number of benzene rings is 1. The molecule has 2 aromatic heterocycles. The maximum Gasteiger partial charge on any atom is 0.322 e. The van der Waals surface area contributed by atoms with Gasteiger partial charge in [-0.25, -0.2) is 15.0 Å². The molecule has 1 fully saturated rings. The highest BCUT2D eigenvalue weighted by Gasteiger charge is 2.24. The van der Waals surface area contributed by atoms with Crippen molar-refractivity contribution in [1.29, 1.82) is 0 Å². The first kappa shape index (κ1) is 27.7. The van der Waals surface area contributed by atoms with Crippen LogP contribution >= 0.6 is 0 Å². The molecule has 3 aromatic rings. The number of carboxylic acid groups (broad SMARTS) is 1. The molecule has 3 N–H and O–H groups in total. The second kappa shape index (κ2) is 12.5. The number of hydrogen-bond donors (Lipinski definition) is 3. The van der Waals surface area contributed by atoms with E-state index in [0.29, 0.717) is 31.0 Å². The summed E-state index contributed by atoms with van der Waals surface area (Å²) in [6, 6.07) is 12.1. The van der Waals surface area contributed by atoms with Crippen LogP contribution in [0.4, 0.5) is 5.82 Å². The number of carbonyl (C=O) groups is 3. The topological polar surface area (TPSA) is 146 Å². The number of anilines is 1. The Balaban J connectivity index is 1.36. The van der Waals surface area contributed by atoms with Gasteiger partial charge in [0.15, 0.2) is 11.4 Å². The zero-order chi connectivity index (χ0) is 27.9. The van der Waals surface area contributed by atoms with Gasteiger partial charge in [0.25, 0.3) is 5.91 Å². The predicted molar refractivity (Wildman–Crippen MR) is 146 cm³/mol. The molecule has 1 aliphatic rings. The number of amides is 1. The van der Waals surface area contributed by atoms with E-state index >= 15 is 0 Å². The van der Waals surface area contributed by atoms with Gasteiger partial charge in [-0.3, -0.25) is 14.4 Å². The number of nitrogens with one attached hydrogen (secondary N) is 1. The average Bonchev–Trinajstić information content (AvgIpc) is 2.94. The quantitative estimate of drug-likeness (QED) is 0.358. The average molecular weight is 532 g/mol. The van der Waals surface area contributed by atoms with Crippen LogP contribution in [0, 0.1) is 12.8 Å². The monoisotopic (exact) mass is 531 g/mol. The summed E-state index contributed by atoms with van der Waals surface area (Å²) in [6.07, 6.45) is 5.18. The van der Waals surface area contributed by atoms with Crippen LogP contribution in [0.25, 0.3) is 11.1 Å². The molecule has 1 aromatic carbocycles. The molecule has 0 spiro atoms. The molecule has 3 heterocycles. The maximum absolute atomic E-state index is 12.3. The molecule has 4 rings (SSSR count). The Hall–Kier alpha value is -4.34. The summed E-state index contributed by atoms with van der Waals surface area (Å²) in [4.78, 5) is 50.4. The number of pyridine rings is 1. The number of Topliss-reactive ketones (excluding diaryl/α,β-unsaturated/α-hetero) is 1. The van der Waals surface area contributed by atoms with Crippen LogP contribution in [0.2, 0.25) is 0 Å². The van der Waals surface area contributed by atoms with Gasteiger partial charge in [0, 0.05) is 44.1 Å². The first-order valence-corrected chi connectivity index (χ1v) is 13.1. The zero-order valence-electron chi connectivity index (χ0n) is 22.2. The Morgan fingerprint density at radius 2 is 1.85 bits per heavy atom. The molecule has 0 radical (unpaired) electrons. The van der Waals surface area contributed by atoms with Crippen molar-refractivity contribution in [2.45, 2.75) is 46.0 Å². The van der Waals surface area contributed by atoms with Gasteiger partial charge in [-0.2, -0.15) is 0 Å². The van der Waals surface area contributed by atoms with Gasteiger partial charge in [0.2, 0.25) is 0 Å².